The van der Waals surface area contributed by atoms with Crippen molar-refractivity contribution in [2.24, 2.45) is 5.10 Å². The highest BCUT2D eigenvalue weighted by molar-refractivity contribution is 6.32. The lowest BCUT2D eigenvalue weighted by molar-refractivity contribution is -0.385. The fourth-order valence-electron chi connectivity index (χ4n) is 2.47. The Labute approximate surface area is 176 Å². The number of para-hydroxylation sites is 2. The second-order valence-electron chi connectivity index (χ2n) is 5.86. The standard InChI is InChI=1S/C20H16ClN3O6/c1-28-18-8-6-13(10-15(18)21)17-9-7-14(30-17)11-22-23-20(25)12-29-19-5-3-2-4-16(19)24(26)27/h2-11H,12H2,1H3,(H,23,25). The van der Waals surface area contributed by atoms with E-state index in [0.717, 1.165) is 5.56 Å². The predicted molar refractivity (Wildman–Crippen MR) is 110 cm³/mol. The number of hydrogen-bond donors (Lipinski definition) is 1. The van der Waals surface area contributed by atoms with Crippen molar-refractivity contribution in [3.8, 4) is 22.8 Å². The summed E-state index contributed by atoms with van der Waals surface area (Å²) in [5, 5.41) is 15.2. The number of furan rings is 1. The van der Waals surface area contributed by atoms with E-state index >= 15 is 0 Å². The maximum atomic E-state index is 11.8. The molecule has 0 saturated heterocycles. The van der Waals surface area contributed by atoms with Gasteiger partial charge in [0.15, 0.2) is 12.4 Å². The molecule has 0 atom stereocenters. The minimum atomic E-state index is -0.587. The largest absolute Gasteiger partial charge is 0.495 e. The molecule has 0 aliphatic rings. The zero-order chi connectivity index (χ0) is 21.5. The second kappa shape index (κ2) is 9.57. The maximum Gasteiger partial charge on any atom is 0.310 e. The molecule has 1 aromatic heterocycles. The summed E-state index contributed by atoms with van der Waals surface area (Å²) in [4.78, 5) is 22.2. The van der Waals surface area contributed by atoms with Gasteiger partial charge < -0.3 is 13.9 Å². The lowest BCUT2D eigenvalue weighted by Crippen LogP contribution is -2.24. The average molecular weight is 430 g/mol. The van der Waals surface area contributed by atoms with Gasteiger partial charge in [0.05, 0.1) is 23.3 Å². The van der Waals surface area contributed by atoms with Gasteiger partial charge in [-0.1, -0.05) is 23.7 Å². The summed E-state index contributed by atoms with van der Waals surface area (Å²) in [5.41, 5.74) is 2.79. The van der Waals surface area contributed by atoms with Gasteiger partial charge in [-0.3, -0.25) is 14.9 Å². The first-order chi connectivity index (χ1) is 14.5. The molecule has 10 heteroatoms. The van der Waals surface area contributed by atoms with Crippen LogP contribution in [0.3, 0.4) is 0 Å². The Morgan fingerprint density at radius 2 is 2.03 bits per heavy atom. The third kappa shape index (κ3) is 5.15. The predicted octanol–water partition coefficient (Wildman–Crippen LogP) is 4.05. The van der Waals surface area contributed by atoms with Crippen molar-refractivity contribution in [3.05, 3.63) is 75.5 Å². The third-order valence-corrected chi connectivity index (χ3v) is 4.16. The number of nitro groups is 1. The van der Waals surface area contributed by atoms with Crippen LogP contribution in [0.2, 0.25) is 5.02 Å². The second-order valence-corrected chi connectivity index (χ2v) is 6.27. The lowest BCUT2D eigenvalue weighted by Gasteiger charge is -2.05. The molecule has 0 saturated carbocycles. The number of hydrogen-bond acceptors (Lipinski definition) is 7. The number of hydrazone groups is 1. The Balaban J connectivity index is 1.55. The number of rotatable bonds is 8. The van der Waals surface area contributed by atoms with Gasteiger partial charge in [0.2, 0.25) is 0 Å². The molecule has 3 aromatic rings. The quantitative estimate of drug-likeness (QED) is 0.328. The highest BCUT2D eigenvalue weighted by Gasteiger charge is 2.14. The number of nitrogens with zero attached hydrogens (tertiary/aromatic N) is 2. The Kier molecular flexibility index (Phi) is 6.66. The van der Waals surface area contributed by atoms with Gasteiger partial charge in [0.1, 0.15) is 17.3 Å². The van der Waals surface area contributed by atoms with Crippen LogP contribution in [-0.2, 0) is 4.79 Å². The van der Waals surface area contributed by atoms with Crippen LogP contribution in [0.4, 0.5) is 5.69 Å². The highest BCUT2D eigenvalue weighted by atomic mass is 35.5. The molecule has 3 rings (SSSR count). The van der Waals surface area contributed by atoms with Gasteiger partial charge in [0, 0.05) is 11.6 Å². The van der Waals surface area contributed by atoms with Crippen molar-refractivity contribution in [2.75, 3.05) is 13.7 Å². The summed E-state index contributed by atoms with van der Waals surface area (Å²) in [6, 6.07) is 14.4. The van der Waals surface area contributed by atoms with Crippen LogP contribution in [0.5, 0.6) is 11.5 Å². The summed E-state index contributed by atoms with van der Waals surface area (Å²) in [7, 11) is 1.53. The first kappa shape index (κ1) is 20.9. The molecule has 154 valence electrons. The number of nitro benzene ring substituents is 1. The molecule has 0 aliphatic carbocycles. The van der Waals surface area contributed by atoms with E-state index in [9.17, 15) is 14.9 Å². The molecule has 1 N–H and O–H groups in total. The Bertz CT molecular complexity index is 1100. The molecule has 0 bridgehead atoms. The van der Waals surface area contributed by atoms with Crippen molar-refractivity contribution >= 4 is 29.4 Å². The lowest BCUT2D eigenvalue weighted by atomic mass is 10.2. The van der Waals surface area contributed by atoms with E-state index in [2.05, 4.69) is 10.5 Å². The van der Waals surface area contributed by atoms with E-state index in [1.807, 2.05) is 0 Å². The first-order valence-electron chi connectivity index (χ1n) is 8.60. The summed E-state index contributed by atoms with van der Waals surface area (Å²) in [5.74, 6) is 0.928. The molecule has 9 nitrogen and oxygen atoms in total. The SMILES string of the molecule is COc1ccc(-c2ccc(C=NNC(=O)COc3ccccc3[N+](=O)[O-])o2)cc1Cl. The van der Waals surface area contributed by atoms with Crippen LogP contribution in [0.25, 0.3) is 11.3 Å². The summed E-state index contributed by atoms with van der Waals surface area (Å²) in [6.07, 6.45) is 1.32. The fourth-order valence-corrected chi connectivity index (χ4v) is 2.73. The third-order valence-electron chi connectivity index (χ3n) is 3.86. The van der Waals surface area contributed by atoms with Crippen LogP contribution in [0, 0.1) is 10.1 Å². The number of benzene rings is 2. The van der Waals surface area contributed by atoms with Crippen LogP contribution < -0.4 is 14.9 Å². The van der Waals surface area contributed by atoms with E-state index in [1.54, 1.807) is 36.4 Å². The number of amides is 1. The van der Waals surface area contributed by atoms with Gasteiger partial charge in [0.25, 0.3) is 5.91 Å². The van der Waals surface area contributed by atoms with E-state index < -0.39 is 17.4 Å². The molecule has 0 aliphatic heterocycles. The number of nitrogens with one attached hydrogen (secondary N) is 1. The Hall–Kier alpha value is -3.85. The van der Waals surface area contributed by atoms with Gasteiger partial charge in [-0.15, -0.1) is 0 Å². The first-order valence-corrected chi connectivity index (χ1v) is 8.97. The van der Waals surface area contributed by atoms with Crippen molar-refractivity contribution in [3.63, 3.8) is 0 Å². The minimum Gasteiger partial charge on any atom is -0.495 e. The summed E-state index contributed by atoms with van der Waals surface area (Å²) >= 11 is 6.12. The van der Waals surface area contributed by atoms with Gasteiger partial charge >= 0.3 is 5.69 Å². The average Bonchev–Trinajstić information content (AvgIpc) is 3.21. The number of carbonyl (C=O) groups excluding carboxylic acids is 1. The normalized spacial score (nSPS) is 10.7. The van der Waals surface area contributed by atoms with Crippen LogP contribution in [-0.4, -0.2) is 30.8 Å². The summed E-state index contributed by atoms with van der Waals surface area (Å²) in [6.45, 7) is -0.435. The minimum absolute atomic E-state index is 0.00421. The highest BCUT2D eigenvalue weighted by Crippen LogP contribution is 2.31. The topological polar surface area (TPSA) is 116 Å². The zero-order valence-electron chi connectivity index (χ0n) is 15.7. The van der Waals surface area contributed by atoms with Gasteiger partial charge in [-0.2, -0.15) is 5.10 Å². The molecule has 2 aromatic carbocycles. The number of halogens is 1. The smallest absolute Gasteiger partial charge is 0.310 e. The molecule has 1 heterocycles. The molecule has 0 fully saturated rings. The van der Waals surface area contributed by atoms with E-state index in [0.29, 0.717) is 22.3 Å². The zero-order valence-corrected chi connectivity index (χ0v) is 16.5. The number of ether oxygens (including phenoxy) is 2. The number of carbonyl (C=O) groups is 1. The monoisotopic (exact) mass is 429 g/mol. The molecule has 0 radical (unpaired) electrons. The Morgan fingerprint density at radius 3 is 2.77 bits per heavy atom. The molecule has 30 heavy (non-hydrogen) atoms. The van der Waals surface area contributed by atoms with Crippen molar-refractivity contribution < 1.29 is 23.6 Å². The Morgan fingerprint density at radius 1 is 1.23 bits per heavy atom. The van der Waals surface area contributed by atoms with Crippen molar-refractivity contribution in [1.82, 2.24) is 5.43 Å². The molecule has 1 amide bonds. The molecule has 0 spiro atoms. The van der Waals surface area contributed by atoms with Gasteiger partial charge in [-0.05, 0) is 36.4 Å². The maximum absolute atomic E-state index is 11.8. The van der Waals surface area contributed by atoms with E-state index in [4.69, 9.17) is 25.5 Å². The van der Waals surface area contributed by atoms with Crippen LogP contribution >= 0.6 is 11.6 Å². The van der Waals surface area contributed by atoms with E-state index in [1.165, 1.54) is 31.5 Å². The van der Waals surface area contributed by atoms with E-state index in [-0.39, 0.29) is 11.4 Å². The van der Waals surface area contributed by atoms with Crippen molar-refractivity contribution in [2.45, 2.75) is 0 Å². The molecular weight excluding hydrogens is 414 g/mol. The number of methoxy groups -OCH3 is 1. The van der Waals surface area contributed by atoms with Crippen LogP contribution in [0.15, 0.2) is 64.1 Å². The van der Waals surface area contributed by atoms with Crippen molar-refractivity contribution in [1.29, 1.82) is 0 Å². The fraction of sp³-hybridized carbons (Fsp3) is 0.100. The van der Waals surface area contributed by atoms with Crippen LogP contribution in [0.1, 0.15) is 5.76 Å². The molecular formula is C20H16ClN3O6. The summed E-state index contributed by atoms with van der Waals surface area (Å²) < 4.78 is 15.9. The molecule has 0 unspecified atom stereocenters. The van der Waals surface area contributed by atoms with Gasteiger partial charge in [-0.25, -0.2) is 5.43 Å².